The molecule has 1 fully saturated rings. The first kappa shape index (κ1) is 15.3. The van der Waals surface area contributed by atoms with E-state index in [2.05, 4.69) is 5.32 Å². The molecule has 0 aliphatic carbocycles. The molecule has 1 aliphatic rings. The monoisotopic (exact) mass is 292 g/mol. The number of hydrogen-bond donors (Lipinski definition) is 2. The number of amides is 1. The average molecular weight is 292 g/mol. The zero-order chi connectivity index (χ0) is 15.1. The summed E-state index contributed by atoms with van der Waals surface area (Å²) in [6.45, 7) is 1.03. The van der Waals surface area contributed by atoms with Gasteiger partial charge in [-0.15, -0.1) is 0 Å². The van der Waals surface area contributed by atoms with Crippen molar-refractivity contribution >= 4 is 17.6 Å². The molecule has 0 saturated carbocycles. The molecule has 6 heteroatoms. The standard InChI is InChI=1S/C15H20N2O4/c18-14(16-9-13-7-4-8-21-13)10-17(11-15(19)20)12-5-2-1-3-6-12/h1-3,5-6,13H,4,7-11H2,(H,16,18)(H,19,20)/t13-/m0/s1. The minimum Gasteiger partial charge on any atom is -0.480 e. The molecule has 1 heterocycles. The number of rotatable bonds is 7. The zero-order valence-corrected chi connectivity index (χ0v) is 11.8. The highest BCUT2D eigenvalue weighted by Gasteiger charge is 2.18. The third-order valence-electron chi connectivity index (χ3n) is 3.33. The first-order valence-corrected chi connectivity index (χ1v) is 7.05. The predicted molar refractivity (Wildman–Crippen MR) is 78.3 cm³/mol. The minimum atomic E-state index is -0.967. The molecule has 2 N–H and O–H groups in total. The zero-order valence-electron chi connectivity index (χ0n) is 11.8. The van der Waals surface area contributed by atoms with Crippen LogP contribution in [0.3, 0.4) is 0 Å². The Labute approximate surface area is 123 Å². The van der Waals surface area contributed by atoms with Crippen LogP contribution in [0.5, 0.6) is 0 Å². The Morgan fingerprint density at radius 1 is 1.29 bits per heavy atom. The molecule has 114 valence electrons. The van der Waals surface area contributed by atoms with Crippen molar-refractivity contribution in [3.63, 3.8) is 0 Å². The van der Waals surface area contributed by atoms with Crippen molar-refractivity contribution in [2.75, 3.05) is 31.1 Å². The summed E-state index contributed by atoms with van der Waals surface area (Å²) in [7, 11) is 0. The maximum atomic E-state index is 12.0. The maximum Gasteiger partial charge on any atom is 0.323 e. The summed E-state index contributed by atoms with van der Waals surface area (Å²) >= 11 is 0. The summed E-state index contributed by atoms with van der Waals surface area (Å²) in [6, 6.07) is 9.05. The van der Waals surface area contributed by atoms with Crippen LogP contribution in [0.15, 0.2) is 30.3 Å². The van der Waals surface area contributed by atoms with Crippen molar-refractivity contribution in [1.29, 1.82) is 0 Å². The number of benzene rings is 1. The van der Waals surface area contributed by atoms with Crippen molar-refractivity contribution < 1.29 is 19.4 Å². The van der Waals surface area contributed by atoms with E-state index >= 15 is 0 Å². The van der Waals surface area contributed by atoms with Crippen LogP contribution in [-0.2, 0) is 14.3 Å². The number of ether oxygens (including phenoxy) is 1. The number of carboxylic acids is 1. The first-order chi connectivity index (χ1) is 10.1. The van der Waals surface area contributed by atoms with Gasteiger partial charge in [0.05, 0.1) is 12.6 Å². The predicted octanol–water partition coefficient (Wildman–Crippen LogP) is 0.873. The quantitative estimate of drug-likeness (QED) is 0.779. The molecule has 0 spiro atoms. The number of anilines is 1. The second kappa shape index (κ2) is 7.64. The van der Waals surface area contributed by atoms with Crippen molar-refractivity contribution in [3.05, 3.63) is 30.3 Å². The third-order valence-corrected chi connectivity index (χ3v) is 3.33. The van der Waals surface area contributed by atoms with Crippen molar-refractivity contribution in [2.24, 2.45) is 0 Å². The molecular formula is C15H20N2O4. The van der Waals surface area contributed by atoms with Gasteiger partial charge in [-0.2, -0.15) is 0 Å². The Morgan fingerprint density at radius 2 is 2.05 bits per heavy atom. The van der Waals surface area contributed by atoms with Gasteiger partial charge in [0.15, 0.2) is 0 Å². The van der Waals surface area contributed by atoms with E-state index in [1.165, 1.54) is 4.90 Å². The second-order valence-corrected chi connectivity index (χ2v) is 5.02. The largest absolute Gasteiger partial charge is 0.480 e. The molecule has 1 aromatic rings. The highest BCUT2D eigenvalue weighted by atomic mass is 16.5. The van der Waals surface area contributed by atoms with Crippen LogP contribution in [0.1, 0.15) is 12.8 Å². The maximum absolute atomic E-state index is 12.0. The number of carboxylic acid groups (broad SMARTS) is 1. The smallest absolute Gasteiger partial charge is 0.323 e. The molecule has 0 radical (unpaired) electrons. The first-order valence-electron chi connectivity index (χ1n) is 7.05. The van der Waals surface area contributed by atoms with Crippen molar-refractivity contribution in [3.8, 4) is 0 Å². The van der Waals surface area contributed by atoms with E-state index in [0.717, 1.165) is 19.4 Å². The van der Waals surface area contributed by atoms with Crippen LogP contribution in [0.2, 0.25) is 0 Å². The van der Waals surface area contributed by atoms with Gasteiger partial charge >= 0.3 is 5.97 Å². The van der Waals surface area contributed by atoms with Gasteiger partial charge in [-0.25, -0.2) is 0 Å². The number of nitrogens with zero attached hydrogens (tertiary/aromatic N) is 1. The number of carbonyl (C=O) groups is 2. The lowest BCUT2D eigenvalue weighted by Gasteiger charge is -2.22. The molecule has 0 aromatic heterocycles. The fourth-order valence-corrected chi connectivity index (χ4v) is 2.30. The van der Waals surface area contributed by atoms with Gasteiger partial charge in [0.1, 0.15) is 6.54 Å². The van der Waals surface area contributed by atoms with Crippen LogP contribution in [0, 0.1) is 0 Å². The topological polar surface area (TPSA) is 78.9 Å². The normalized spacial score (nSPS) is 17.4. The van der Waals surface area contributed by atoms with Gasteiger partial charge in [-0.05, 0) is 25.0 Å². The van der Waals surface area contributed by atoms with Gasteiger partial charge in [0.2, 0.25) is 5.91 Å². The molecule has 0 unspecified atom stereocenters. The summed E-state index contributed by atoms with van der Waals surface area (Å²) in [4.78, 5) is 24.4. The summed E-state index contributed by atoms with van der Waals surface area (Å²) in [5, 5.41) is 11.8. The molecule has 1 atom stereocenters. The van der Waals surface area contributed by atoms with Gasteiger partial charge < -0.3 is 20.1 Å². The fourth-order valence-electron chi connectivity index (χ4n) is 2.30. The van der Waals surface area contributed by atoms with Gasteiger partial charge in [0, 0.05) is 18.8 Å². The number of hydrogen-bond acceptors (Lipinski definition) is 4. The summed E-state index contributed by atoms with van der Waals surface area (Å²) in [5.74, 6) is -1.17. The number of nitrogens with one attached hydrogen (secondary N) is 1. The van der Waals surface area contributed by atoms with Crippen LogP contribution >= 0.6 is 0 Å². The van der Waals surface area contributed by atoms with E-state index in [1.807, 2.05) is 18.2 Å². The second-order valence-electron chi connectivity index (χ2n) is 5.02. The molecule has 1 aliphatic heterocycles. The summed E-state index contributed by atoms with van der Waals surface area (Å²) in [5.41, 5.74) is 0.715. The van der Waals surface area contributed by atoms with E-state index in [1.54, 1.807) is 12.1 Å². The molecular weight excluding hydrogens is 272 g/mol. The molecule has 0 bridgehead atoms. The fraction of sp³-hybridized carbons (Fsp3) is 0.467. The Hall–Kier alpha value is -2.08. The summed E-state index contributed by atoms with van der Waals surface area (Å²) < 4.78 is 5.44. The molecule has 1 saturated heterocycles. The lowest BCUT2D eigenvalue weighted by Crippen LogP contribution is -2.42. The average Bonchev–Trinajstić information content (AvgIpc) is 2.98. The van der Waals surface area contributed by atoms with Crippen LogP contribution in [-0.4, -0.2) is 49.3 Å². The molecule has 1 aromatic carbocycles. The molecule has 2 rings (SSSR count). The molecule has 21 heavy (non-hydrogen) atoms. The Bertz CT molecular complexity index is 472. The van der Waals surface area contributed by atoms with Crippen LogP contribution in [0.25, 0.3) is 0 Å². The van der Waals surface area contributed by atoms with Gasteiger partial charge in [0.25, 0.3) is 0 Å². The lowest BCUT2D eigenvalue weighted by molar-refractivity contribution is -0.135. The Morgan fingerprint density at radius 3 is 2.67 bits per heavy atom. The Kier molecular flexibility index (Phi) is 5.57. The number of para-hydroxylation sites is 1. The molecule has 6 nitrogen and oxygen atoms in total. The number of aliphatic carboxylic acids is 1. The van der Waals surface area contributed by atoms with Crippen LogP contribution < -0.4 is 10.2 Å². The SMILES string of the molecule is O=C(O)CN(CC(=O)NC[C@@H]1CCCO1)c1ccccc1. The highest BCUT2D eigenvalue weighted by Crippen LogP contribution is 2.13. The van der Waals surface area contributed by atoms with E-state index in [9.17, 15) is 9.59 Å². The number of carbonyl (C=O) groups excluding carboxylic acids is 1. The van der Waals surface area contributed by atoms with E-state index in [-0.39, 0.29) is 25.1 Å². The highest BCUT2D eigenvalue weighted by molar-refractivity contribution is 5.84. The van der Waals surface area contributed by atoms with E-state index in [4.69, 9.17) is 9.84 Å². The third kappa shape index (κ3) is 5.07. The minimum absolute atomic E-state index is 0.0169. The van der Waals surface area contributed by atoms with E-state index < -0.39 is 5.97 Å². The van der Waals surface area contributed by atoms with Crippen molar-refractivity contribution in [2.45, 2.75) is 18.9 Å². The van der Waals surface area contributed by atoms with E-state index in [0.29, 0.717) is 12.2 Å². The van der Waals surface area contributed by atoms with Crippen molar-refractivity contribution in [1.82, 2.24) is 5.32 Å². The molecule has 1 amide bonds. The Balaban J connectivity index is 1.88. The lowest BCUT2D eigenvalue weighted by atomic mass is 10.2. The van der Waals surface area contributed by atoms with Gasteiger partial charge in [-0.1, -0.05) is 18.2 Å². The van der Waals surface area contributed by atoms with Crippen LogP contribution in [0.4, 0.5) is 5.69 Å². The van der Waals surface area contributed by atoms with Gasteiger partial charge in [-0.3, -0.25) is 9.59 Å². The summed E-state index contributed by atoms with van der Waals surface area (Å²) in [6.07, 6.45) is 2.06.